The zero-order chi connectivity index (χ0) is 23.2. The molecule has 0 spiro atoms. The fraction of sp³-hybridized carbons (Fsp3) is 0.320. The number of urea groups is 1. The highest BCUT2D eigenvalue weighted by atomic mass is 16.2. The minimum Gasteiger partial charge on any atom is -0.361 e. The summed E-state index contributed by atoms with van der Waals surface area (Å²) in [6.45, 7) is 2.52. The van der Waals surface area contributed by atoms with Crippen LogP contribution in [0.5, 0.6) is 0 Å². The van der Waals surface area contributed by atoms with Crippen LogP contribution in [0.2, 0.25) is 0 Å². The number of amides is 4. The van der Waals surface area contributed by atoms with E-state index in [-0.39, 0.29) is 23.9 Å². The molecule has 1 aromatic heterocycles. The maximum Gasteiger partial charge on any atom is 0.321 e. The summed E-state index contributed by atoms with van der Waals surface area (Å²) in [7, 11) is 0. The van der Waals surface area contributed by atoms with Gasteiger partial charge in [-0.3, -0.25) is 9.59 Å². The van der Waals surface area contributed by atoms with Crippen molar-refractivity contribution in [3.8, 4) is 0 Å². The molecule has 4 rings (SSSR count). The van der Waals surface area contributed by atoms with Crippen LogP contribution in [-0.2, 0) is 16.0 Å². The van der Waals surface area contributed by atoms with Crippen molar-refractivity contribution in [2.45, 2.75) is 38.3 Å². The molecule has 1 saturated heterocycles. The van der Waals surface area contributed by atoms with E-state index in [0.29, 0.717) is 32.4 Å². The highest BCUT2D eigenvalue weighted by Crippen LogP contribution is 2.20. The molecule has 4 N–H and O–H groups in total. The summed E-state index contributed by atoms with van der Waals surface area (Å²) in [5.41, 5.74) is 2.73. The lowest BCUT2D eigenvalue weighted by atomic mass is 10.0. The largest absolute Gasteiger partial charge is 0.361 e. The Kier molecular flexibility index (Phi) is 6.92. The minimum atomic E-state index is -0.666. The van der Waals surface area contributed by atoms with Crippen molar-refractivity contribution < 1.29 is 14.4 Å². The molecule has 1 atom stereocenters. The first-order valence-corrected chi connectivity index (χ1v) is 11.2. The third-order valence-electron chi connectivity index (χ3n) is 5.95. The number of benzene rings is 2. The van der Waals surface area contributed by atoms with Crippen LogP contribution in [0.4, 0.5) is 10.5 Å². The maximum atomic E-state index is 13.0. The monoisotopic (exact) mass is 447 g/mol. The first kappa shape index (κ1) is 22.4. The Labute approximate surface area is 192 Å². The highest BCUT2D eigenvalue weighted by molar-refractivity contribution is 5.90. The van der Waals surface area contributed by atoms with Crippen molar-refractivity contribution in [1.29, 1.82) is 0 Å². The molecule has 2 heterocycles. The maximum absolute atomic E-state index is 13.0. The first-order chi connectivity index (χ1) is 16.0. The summed E-state index contributed by atoms with van der Waals surface area (Å²) in [5, 5.41) is 9.79. The fourth-order valence-corrected chi connectivity index (χ4v) is 4.23. The SMILES string of the molecule is CC(=O)NC(Cc1c[nH]c2ccccc12)C(=O)NC1CCN(C(=O)Nc2ccccc2)CC1. The number of aromatic amines is 1. The lowest BCUT2D eigenvalue weighted by Crippen LogP contribution is -2.53. The number of fused-ring (bicyclic) bond motifs is 1. The second-order valence-corrected chi connectivity index (χ2v) is 8.38. The van der Waals surface area contributed by atoms with E-state index < -0.39 is 6.04 Å². The van der Waals surface area contributed by atoms with E-state index in [1.807, 2.05) is 60.8 Å². The van der Waals surface area contributed by atoms with Gasteiger partial charge in [-0.05, 0) is 36.6 Å². The molecule has 4 amide bonds. The molecule has 172 valence electrons. The molecule has 2 aromatic carbocycles. The average Bonchev–Trinajstić information content (AvgIpc) is 3.22. The summed E-state index contributed by atoms with van der Waals surface area (Å²) >= 11 is 0. The van der Waals surface area contributed by atoms with Gasteiger partial charge in [-0.25, -0.2) is 4.79 Å². The molecule has 1 aliphatic heterocycles. The second kappa shape index (κ2) is 10.2. The predicted octanol–water partition coefficient (Wildman–Crippen LogP) is 3.03. The number of hydrogen-bond donors (Lipinski definition) is 4. The number of para-hydroxylation sites is 2. The summed E-state index contributed by atoms with van der Waals surface area (Å²) in [4.78, 5) is 42.3. The molecule has 33 heavy (non-hydrogen) atoms. The number of piperidine rings is 1. The molecule has 0 saturated carbocycles. The van der Waals surface area contributed by atoms with Crippen LogP contribution < -0.4 is 16.0 Å². The first-order valence-electron chi connectivity index (χ1n) is 11.2. The van der Waals surface area contributed by atoms with Crippen LogP contribution in [0.1, 0.15) is 25.3 Å². The van der Waals surface area contributed by atoms with Crippen LogP contribution in [0, 0.1) is 0 Å². The van der Waals surface area contributed by atoms with Crippen LogP contribution >= 0.6 is 0 Å². The van der Waals surface area contributed by atoms with Gasteiger partial charge in [0, 0.05) is 55.3 Å². The Morgan fingerprint density at radius 1 is 1.03 bits per heavy atom. The van der Waals surface area contributed by atoms with Gasteiger partial charge < -0.3 is 25.8 Å². The standard InChI is InChI=1S/C25H29N5O3/c1-17(31)27-23(15-18-16-26-22-10-6-5-9-21(18)22)24(32)28-20-11-13-30(14-12-20)25(33)29-19-7-3-2-4-8-19/h2-10,16,20,23,26H,11-15H2,1H3,(H,27,31)(H,28,32)(H,29,33). The van der Waals surface area contributed by atoms with Gasteiger partial charge in [0.15, 0.2) is 0 Å². The highest BCUT2D eigenvalue weighted by Gasteiger charge is 2.27. The Bertz CT molecular complexity index is 1120. The molecule has 3 aromatic rings. The molecule has 8 nitrogen and oxygen atoms in total. The van der Waals surface area contributed by atoms with Crippen molar-refractivity contribution >= 4 is 34.4 Å². The van der Waals surface area contributed by atoms with Crippen LogP contribution in [0.15, 0.2) is 60.8 Å². The van der Waals surface area contributed by atoms with E-state index in [2.05, 4.69) is 20.9 Å². The van der Waals surface area contributed by atoms with Gasteiger partial charge in [0.25, 0.3) is 0 Å². The molecule has 0 bridgehead atoms. The van der Waals surface area contributed by atoms with Gasteiger partial charge >= 0.3 is 6.03 Å². The van der Waals surface area contributed by atoms with E-state index in [4.69, 9.17) is 0 Å². The number of H-pyrrole nitrogens is 1. The number of anilines is 1. The number of rotatable bonds is 6. The predicted molar refractivity (Wildman–Crippen MR) is 128 cm³/mol. The van der Waals surface area contributed by atoms with Gasteiger partial charge in [0.2, 0.25) is 11.8 Å². The summed E-state index contributed by atoms with van der Waals surface area (Å²) in [5.74, 6) is -0.454. The Balaban J connectivity index is 1.33. The lowest BCUT2D eigenvalue weighted by molar-refractivity contribution is -0.128. The average molecular weight is 448 g/mol. The summed E-state index contributed by atoms with van der Waals surface area (Å²) in [6, 6.07) is 16.4. The van der Waals surface area contributed by atoms with Gasteiger partial charge in [-0.2, -0.15) is 0 Å². The Morgan fingerprint density at radius 2 is 1.73 bits per heavy atom. The lowest BCUT2D eigenvalue weighted by Gasteiger charge is -2.33. The smallest absolute Gasteiger partial charge is 0.321 e. The van der Waals surface area contributed by atoms with Crippen molar-refractivity contribution in [3.05, 3.63) is 66.4 Å². The minimum absolute atomic E-state index is 0.0440. The molecule has 8 heteroatoms. The molecular formula is C25H29N5O3. The van der Waals surface area contributed by atoms with Gasteiger partial charge in [0.1, 0.15) is 6.04 Å². The van der Waals surface area contributed by atoms with Gasteiger partial charge in [-0.1, -0.05) is 36.4 Å². The van der Waals surface area contributed by atoms with E-state index in [0.717, 1.165) is 22.2 Å². The fourth-order valence-electron chi connectivity index (χ4n) is 4.23. The number of carbonyl (C=O) groups excluding carboxylic acids is 3. The topological polar surface area (TPSA) is 106 Å². The van der Waals surface area contributed by atoms with Crippen molar-refractivity contribution in [1.82, 2.24) is 20.5 Å². The quantitative estimate of drug-likeness (QED) is 0.467. The molecule has 0 radical (unpaired) electrons. The number of hydrogen-bond acceptors (Lipinski definition) is 3. The summed E-state index contributed by atoms with van der Waals surface area (Å²) < 4.78 is 0. The van der Waals surface area contributed by atoms with Crippen molar-refractivity contribution in [3.63, 3.8) is 0 Å². The molecule has 1 fully saturated rings. The number of nitrogens with one attached hydrogen (secondary N) is 4. The zero-order valence-corrected chi connectivity index (χ0v) is 18.6. The zero-order valence-electron chi connectivity index (χ0n) is 18.6. The molecular weight excluding hydrogens is 418 g/mol. The number of likely N-dealkylation sites (tertiary alicyclic amines) is 1. The van der Waals surface area contributed by atoms with E-state index in [9.17, 15) is 14.4 Å². The normalized spacial score (nSPS) is 15.1. The van der Waals surface area contributed by atoms with Gasteiger partial charge in [0.05, 0.1) is 0 Å². The van der Waals surface area contributed by atoms with E-state index in [1.54, 1.807) is 4.90 Å². The van der Waals surface area contributed by atoms with Gasteiger partial charge in [-0.15, -0.1) is 0 Å². The number of aromatic nitrogens is 1. The van der Waals surface area contributed by atoms with E-state index in [1.165, 1.54) is 6.92 Å². The van der Waals surface area contributed by atoms with E-state index >= 15 is 0 Å². The summed E-state index contributed by atoms with van der Waals surface area (Å²) in [6.07, 6.45) is 3.60. The van der Waals surface area contributed by atoms with Crippen LogP contribution in [-0.4, -0.2) is 52.9 Å². The van der Waals surface area contributed by atoms with Crippen LogP contribution in [0.3, 0.4) is 0 Å². The second-order valence-electron chi connectivity index (χ2n) is 8.38. The van der Waals surface area contributed by atoms with Crippen molar-refractivity contribution in [2.75, 3.05) is 18.4 Å². The Morgan fingerprint density at radius 3 is 2.45 bits per heavy atom. The Hall–Kier alpha value is -3.81. The molecule has 1 aliphatic rings. The third-order valence-corrected chi connectivity index (χ3v) is 5.95. The number of carbonyl (C=O) groups is 3. The number of nitrogens with zero attached hydrogens (tertiary/aromatic N) is 1. The van der Waals surface area contributed by atoms with Crippen molar-refractivity contribution in [2.24, 2.45) is 0 Å². The molecule has 0 aliphatic carbocycles. The third kappa shape index (κ3) is 5.71. The molecule has 1 unspecified atom stereocenters. The van der Waals surface area contributed by atoms with Crippen LogP contribution in [0.25, 0.3) is 10.9 Å².